The van der Waals surface area contributed by atoms with E-state index in [1.807, 2.05) is 48.5 Å². The fourth-order valence-electron chi connectivity index (χ4n) is 3.68. The smallest absolute Gasteiger partial charge is 0.337 e. The second-order valence-electron chi connectivity index (χ2n) is 7.29. The van der Waals surface area contributed by atoms with Gasteiger partial charge in [-0.1, -0.05) is 42.5 Å². The van der Waals surface area contributed by atoms with Gasteiger partial charge < -0.3 is 26.5 Å². The minimum Gasteiger partial charge on any atom is -1.00 e. The number of esters is 1. The Bertz CT molecular complexity index is 1200. The number of aromatic nitrogens is 2. The predicted octanol–water partition coefficient (Wildman–Crippen LogP) is 1.26. The second kappa shape index (κ2) is 9.79. The minimum absolute atomic E-state index is 0. The summed E-state index contributed by atoms with van der Waals surface area (Å²) in [6.45, 7) is 5.33. The number of halogens is 1. The second-order valence-corrected chi connectivity index (χ2v) is 7.29. The molecule has 0 N–H and O–H groups in total. The number of imidazole rings is 1. The lowest BCUT2D eigenvalue weighted by Gasteiger charge is -2.08. The van der Waals surface area contributed by atoms with E-state index in [2.05, 4.69) is 41.1 Å². The van der Waals surface area contributed by atoms with Gasteiger partial charge in [-0.25, -0.2) is 9.36 Å². The number of aryl methyl sites for hydroxylation is 1. The highest BCUT2D eigenvalue weighted by molar-refractivity contribution is 5.89. The molecular formula is C25H25BrN2O3. The third-order valence-corrected chi connectivity index (χ3v) is 5.40. The van der Waals surface area contributed by atoms with E-state index in [-0.39, 0.29) is 23.0 Å². The molecule has 0 aliphatic carbocycles. The van der Waals surface area contributed by atoms with Crippen molar-refractivity contribution in [3.63, 3.8) is 0 Å². The van der Waals surface area contributed by atoms with Crippen molar-refractivity contribution in [2.45, 2.75) is 27.0 Å². The number of pyridine rings is 1. The maximum absolute atomic E-state index is 11.9. The summed E-state index contributed by atoms with van der Waals surface area (Å²) in [5.41, 5.74) is 5.99. The number of rotatable bonds is 6. The van der Waals surface area contributed by atoms with Crippen molar-refractivity contribution in [1.29, 1.82) is 0 Å². The van der Waals surface area contributed by atoms with Crippen LogP contribution in [0.2, 0.25) is 0 Å². The van der Waals surface area contributed by atoms with Crippen molar-refractivity contribution in [2.75, 3.05) is 7.11 Å². The zero-order valence-corrected chi connectivity index (χ0v) is 19.4. The summed E-state index contributed by atoms with van der Waals surface area (Å²) in [4.78, 5) is 11.9. The van der Waals surface area contributed by atoms with Gasteiger partial charge in [-0.05, 0) is 35.4 Å². The first kappa shape index (κ1) is 22.6. The van der Waals surface area contributed by atoms with Crippen LogP contribution in [-0.4, -0.2) is 17.6 Å². The lowest BCUT2D eigenvalue weighted by atomic mass is 10.1. The van der Waals surface area contributed by atoms with Crippen molar-refractivity contribution in [2.24, 2.45) is 0 Å². The van der Waals surface area contributed by atoms with E-state index in [0.29, 0.717) is 18.7 Å². The summed E-state index contributed by atoms with van der Waals surface area (Å²) in [7, 11) is 1.40. The molecule has 0 fully saturated rings. The summed E-state index contributed by atoms with van der Waals surface area (Å²) in [5.74, 6) is 0.491. The largest absolute Gasteiger partial charge is 1.00 e. The van der Waals surface area contributed by atoms with Gasteiger partial charge in [0.25, 0.3) is 0 Å². The fourth-order valence-corrected chi connectivity index (χ4v) is 3.68. The maximum Gasteiger partial charge on any atom is 0.337 e. The van der Waals surface area contributed by atoms with Crippen LogP contribution in [0.25, 0.3) is 5.65 Å². The Hall–Kier alpha value is -3.12. The van der Waals surface area contributed by atoms with Crippen LogP contribution < -0.4 is 26.1 Å². The molecule has 160 valence electrons. The number of carbonyl (C=O) groups is 1. The topological polar surface area (TPSA) is 44.6 Å². The van der Waals surface area contributed by atoms with Crippen LogP contribution in [0.4, 0.5) is 0 Å². The monoisotopic (exact) mass is 480 g/mol. The molecule has 0 saturated carbocycles. The zero-order chi connectivity index (χ0) is 21.1. The number of fused-ring (bicyclic) bond motifs is 1. The third kappa shape index (κ3) is 4.64. The van der Waals surface area contributed by atoms with Gasteiger partial charge in [0.05, 0.1) is 18.9 Å². The Balaban J connectivity index is 0.00000272. The highest BCUT2D eigenvalue weighted by atomic mass is 79.9. The van der Waals surface area contributed by atoms with Gasteiger partial charge in [-0.3, -0.25) is 0 Å². The highest BCUT2D eigenvalue weighted by Crippen LogP contribution is 2.23. The minimum atomic E-state index is -0.330. The van der Waals surface area contributed by atoms with Crippen LogP contribution >= 0.6 is 0 Å². The van der Waals surface area contributed by atoms with Crippen molar-refractivity contribution in [1.82, 2.24) is 4.57 Å². The molecule has 0 unspecified atom stereocenters. The van der Waals surface area contributed by atoms with E-state index in [0.717, 1.165) is 33.9 Å². The van der Waals surface area contributed by atoms with Gasteiger partial charge in [0, 0.05) is 13.8 Å². The first-order valence-electron chi connectivity index (χ1n) is 9.92. The molecule has 0 aliphatic heterocycles. The summed E-state index contributed by atoms with van der Waals surface area (Å²) < 4.78 is 15.5. The van der Waals surface area contributed by atoms with Crippen LogP contribution in [0.1, 0.15) is 32.9 Å². The zero-order valence-electron chi connectivity index (χ0n) is 17.8. The molecule has 2 heterocycles. The summed E-state index contributed by atoms with van der Waals surface area (Å²) in [6, 6.07) is 21.7. The molecule has 0 atom stereocenters. The van der Waals surface area contributed by atoms with Gasteiger partial charge in [-0.2, -0.15) is 4.40 Å². The molecule has 5 nitrogen and oxygen atoms in total. The first-order chi connectivity index (χ1) is 14.6. The normalized spacial score (nSPS) is 10.5. The molecule has 0 aliphatic rings. The fraction of sp³-hybridized carbons (Fsp3) is 0.200. The van der Waals surface area contributed by atoms with Gasteiger partial charge >= 0.3 is 11.6 Å². The average molecular weight is 481 g/mol. The summed E-state index contributed by atoms with van der Waals surface area (Å²) in [5, 5.41) is 0. The Morgan fingerprint density at radius 2 is 1.71 bits per heavy atom. The molecule has 31 heavy (non-hydrogen) atoms. The molecule has 6 heteroatoms. The SMILES string of the molecule is COC(=O)c1cccc(Cn2c(C)c(C)[n+]3cccc(OCc4ccccc4)c23)c1.[Br-]. The van der Waals surface area contributed by atoms with Crippen molar-refractivity contribution in [3.8, 4) is 5.75 Å². The van der Waals surface area contributed by atoms with Crippen LogP contribution in [0.5, 0.6) is 5.75 Å². The molecule has 0 spiro atoms. The molecule has 0 saturated heterocycles. The van der Waals surface area contributed by atoms with E-state index in [9.17, 15) is 4.79 Å². The van der Waals surface area contributed by atoms with E-state index in [4.69, 9.17) is 9.47 Å². The number of carbonyl (C=O) groups excluding carboxylic acids is 1. The number of hydrogen-bond donors (Lipinski definition) is 0. The Labute approximate surface area is 192 Å². The first-order valence-corrected chi connectivity index (χ1v) is 9.92. The number of nitrogens with zero attached hydrogens (tertiary/aromatic N) is 2. The third-order valence-electron chi connectivity index (χ3n) is 5.40. The summed E-state index contributed by atoms with van der Waals surface area (Å²) in [6.07, 6.45) is 2.05. The molecule has 0 radical (unpaired) electrons. The van der Waals surface area contributed by atoms with Gasteiger partial charge in [0.15, 0.2) is 0 Å². The lowest BCUT2D eigenvalue weighted by Crippen LogP contribution is -3.00. The van der Waals surface area contributed by atoms with Crippen LogP contribution in [-0.2, 0) is 17.9 Å². The Morgan fingerprint density at radius 1 is 0.968 bits per heavy atom. The molecular weight excluding hydrogens is 456 g/mol. The molecule has 4 aromatic rings. The molecule has 0 bridgehead atoms. The Morgan fingerprint density at radius 3 is 2.45 bits per heavy atom. The van der Waals surface area contributed by atoms with E-state index < -0.39 is 0 Å². The maximum atomic E-state index is 11.9. The quantitative estimate of drug-likeness (QED) is 0.308. The Kier molecular flexibility index (Phi) is 7.13. The number of hydrogen-bond acceptors (Lipinski definition) is 3. The van der Waals surface area contributed by atoms with Crippen LogP contribution in [0, 0.1) is 13.8 Å². The van der Waals surface area contributed by atoms with Gasteiger partial charge in [-0.15, -0.1) is 0 Å². The van der Waals surface area contributed by atoms with Crippen LogP contribution in [0.3, 0.4) is 0 Å². The molecule has 2 aromatic heterocycles. The molecule has 0 amide bonds. The molecule has 2 aromatic carbocycles. The van der Waals surface area contributed by atoms with Crippen molar-refractivity contribution in [3.05, 3.63) is 101 Å². The standard InChI is InChI=1S/C25H25N2O3.BrH/c1-18-19(2)27(16-21-11-7-12-22(15-21)25(28)29-3)24-23(13-8-14-26(18)24)30-17-20-9-5-4-6-10-20;/h4-15H,16-17H2,1-3H3;1H/q+1;/p-1. The number of ether oxygens (including phenoxy) is 2. The number of benzene rings is 2. The predicted molar refractivity (Wildman–Crippen MR) is 115 cm³/mol. The van der Waals surface area contributed by atoms with Crippen molar-refractivity contribution < 1.29 is 35.7 Å². The number of methoxy groups -OCH3 is 1. The highest BCUT2D eigenvalue weighted by Gasteiger charge is 2.24. The lowest BCUT2D eigenvalue weighted by molar-refractivity contribution is -0.519. The van der Waals surface area contributed by atoms with E-state index >= 15 is 0 Å². The van der Waals surface area contributed by atoms with Crippen LogP contribution in [0.15, 0.2) is 72.9 Å². The summed E-state index contributed by atoms with van der Waals surface area (Å²) >= 11 is 0. The van der Waals surface area contributed by atoms with E-state index in [1.165, 1.54) is 7.11 Å². The van der Waals surface area contributed by atoms with E-state index in [1.54, 1.807) is 6.07 Å². The average Bonchev–Trinajstić information content (AvgIpc) is 3.03. The van der Waals surface area contributed by atoms with Crippen molar-refractivity contribution >= 4 is 11.6 Å². The molecule has 4 rings (SSSR count). The van der Waals surface area contributed by atoms with Gasteiger partial charge in [0.1, 0.15) is 24.5 Å². The van der Waals surface area contributed by atoms with Gasteiger partial charge in [0.2, 0.25) is 5.75 Å².